The molecule has 0 saturated carbocycles. The van der Waals surface area contributed by atoms with Gasteiger partial charge in [0.25, 0.3) is 0 Å². The molecule has 0 N–H and O–H groups in total. The molecule has 3 aliphatic rings. The molecule has 1 aliphatic heterocycles. The zero-order valence-electron chi connectivity index (χ0n) is 12.3. The molecule has 1 unspecified atom stereocenters. The Balaban J connectivity index is 0.000000180. The molecule has 4 rings (SSSR count). The summed E-state index contributed by atoms with van der Waals surface area (Å²) < 4.78 is 0. The lowest BCUT2D eigenvalue weighted by Crippen LogP contribution is -2.33. The second-order valence-corrected chi connectivity index (χ2v) is 5.65. The van der Waals surface area contributed by atoms with Crippen LogP contribution in [0.15, 0.2) is 54.6 Å². The maximum Gasteiger partial charge on any atom is 0.0968 e. The molecule has 1 heterocycles. The molecule has 2 aliphatic carbocycles. The Morgan fingerprint density at radius 1 is 0.810 bits per heavy atom. The van der Waals surface area contributed by atoms with Gasteiger partial charge < -0.3 is 0 Å². The van der Waals surface area contributed by atoms with Gasteiger partial charge in [0.2, 0.25) is 0 Å². The summed E-state index contributed by atoms with van der Waals surface area (Å²) in [6.45, 7) is 2.29. The van der Waals surface area contributed by atoms with Crippen molar-refractivity contribution in [3.05, 3.63) is 60.2 Å². The molecule has 0 aromatic heterocycles. The molecule has 21 heavy (non-hydrogen) atoms. The van der Waals surface area contributed by atoms with Crippen LogP contribution < -0.4 is 0 Å². The summed E-state index contributed by atoms with van der Waals surface area (Å²) in [7, 11) is 0. The number of piperidine rings is 1. The zero-order valence-corrected chi connectivity index (χ0v) is 12.3. The van der Waals surface area contributed by atoms with E-state index in [1.807, 2.05) is 6.07 Å². The number of nitrogens with zero attached hydrogens (tertiary/aromatic N) is 1. The van der Waals surface area contributed by atoms with E-state index in [0.29, 0.717) is 0 Å². The summed E-state index contributed by atoms with van der Waals surface area (Å²) in [5, 5.41) is 0. The number of terminal acetylenes is 1. The first kappa shape index (κ1) is 13.9. The van der Waals surface area contributed by atoms with Crippen LogP contribution in [-0.4, -0.2) is 18.0 Å². The van der Waals surface area contributed by atoms with Crippen molar-refractivity contribution in [3.63, 3.8) is 0 Å². The van der Waals surface area contributed by atoms with E-state index in [-0.39, 0.29) is 6.04 Å². The molecule has 1 atom stereocenters. The van der Waals surface area contributed by atoms with Crippen LogP contribution in [0.25, 0.3) is 11.1 Å². The van der Waals surface area contributed by atoms with Crippen molar-refractivity contribution in [1.82, 2.24) is 4.90 Å². The van der Waals surface area contributed by atoms with Crippen molar-refractivity contribution in [1.29, 1.82) is 0 Å². The van der Waals surface area contributed by atoms with Crippen molar-refractivity contribution >= 4 is 0 Å². The van der Waals surface area contributed by atoms with Crippen LogP contribution in [0.5, 0.6) is 0 Å². The van der Waals surface area contributed by atoms with Crippen LogP contribution in [0.3, 0.4) is 0 Å². The maximum absolute atomic E-state index is 5.64. The minimum Gasteiger partial charge on any atom is -0.286 e. The second-order valence-electron chi connectivity index (χ2n) is 5.65. The molecule has 1 saturated heterocycles. The van der Waals surface area contributed by atoms with Crippen LogP contribution >= 0.6 is 0 Å². The smallest absolute Gasteiger partial charge is 0.0968 e. The lowest BCUT2D eigenvalue weighted by Gasteiger charge is -2.31. The van der Waals surface area contributed by atoms with Gasteiger partial charge in [0.1, 0.15) is 0 Å². The summed E-state index contributed by atoms with van der Waals surface area (Å²) in [4.78, 5) is 2.42. The average molecular weight is 275 g/mol. The zero-order chi connectivity index (χ0) is 14.5. The minimum atomic E-state index is 0.173. The highest BCUT2D eigenvalue weighted by molar-refractivity contribution is 5.75. The molecule has 1 nitrogen and oxygen atoms in total. The van der Waals surface area contributed by atoms with Gasteiger partial charge in [-0.05, 0) is 42.6 Å². The summed E-state index contributed by atoms with van der Waals surface area (Å²) in [5.74, 6) is 2.91. The van der Waals surface area contributed by atoms with Gasteiger partial charge in [0, 0.05) is 0 Å². The first-order valence-corrected chi connectivity index (χ1v) is 7.74. The van der Waals surface area contributed by atoms with Gasteiger partial charge in [-0.15, -0.1) is 6.42 Å². The predicted molar refractivity (Wildman–Crippen MR) is 88.9 cm³/mol. The summed E-state index contributed by atoms with van der Waals surface area (Å²) in [6, 6.07) is 19.1. The minimum absolute atomic E-state index is 0.173. The molecule has 1 aromatic carbocycles. The predicted octanol–water partition coefficient (Wildman–Crippen LogP) is 4.51. The Labute approximate surface area is 127 Å². The molecule has 0 radical (unpaired) electrons. The third-order valence-electron chi connectivity index (χ3n) is 4.25. The number of rotatable bonds is 2. The van der Waals surface area contributed by atoms with Crippen LogP contribution in [0.2, 0.25) is 0 Å². The average Bonchev–Trinajstić information content (AvgIpc) is 2.54. The molecular weight excluding hydrogens is 254 g/mol. The van der Waals surface area contributed by atoms with Gasteiger partial charge >= 0.3 is 0 Å². The van der Waals surface area contributed by atoms with E-state index < -0.39 is 0 Å². The Hall–Kier alpha value is -2.04. The molecule has 0 bridgehead atoms. The van der Waals surface area contributed by atoms with Crippen molar-refractivity contribution in [2.45, 2.75) is 25.3 Å². The molecular formula is C20H21N. The van der Waals surface area contributed by atoms with Crippen LogP contribution in [0.4, 0.5) is 0 Å². The van der Waals surface area contributed by atoms with E-state index in [1.54, 1.807) is 0 Å². The lowest BCUT2D eigenvalue weighted by atomic mass is 9.95. The second kappa shape index (κ2) is 6.61. The number of fused-ring (bicyclic) bond motifs is 1. The van der Waals surface area contributed by atoms with Crippen molar-refractivity contribution < 1.29 is 0 Å². The van der Waals surface area contributed by atoms with Gasteiger partial charge in [-0.2, -0.15) is 0 Å². The fraction of sp³-hybridized carbons (Fsp3) is 0.300. The van der Waals surface area contributed by atoms with Gasteiger partial charge in [-0.3, -0.25) is 4.90 Å². The fourth-order valence-corrected chi connectivity index (χ4v) is 2.89. The quantitative estimate of drug-likeness (QED) is 0.622. The highest BCUT2D eigenvalue weighted by atomic mass is 15.2. The van der Waals surface area contributed by atoms with Gasteiger partial charge in [0.15, 0.2) is 0 Å². The molecule has 0 amide bonds. The highest BCUT2D eigenvalue weighted by Gasteiger charge is 2.19. The number of likely N-dealkylation sites (tertiary alicyclic amines) is 1. The van der Waals surface area contributed by atoms with E-state index in [2.05, 4.69) is 59.4 Å². The van der Waals surface area contributed by atoms with Crippen LogP contribution in [0.1, 0.15) is 30.9 Å². The molecule has 1 heteroatoms. The molecule has 106 valence electrons. The lowest BCUT2D eigenvalue weighted by molar-refractivity contribution is 0.197. The SMILES string of the molecule is C#CC(c1ccccc1)N1CCCCC1.c1cc2ccc1-2. The van der Waals surface area contributed by atoms with E-state index >= 15 is 0 Å². The topological polar surface area (TPSA) is 3.24 Å². The highest BCUT2D eigenvalue weighted by Crippen LogP contribution is 2.29. The summed E-state index contributed by atoms with van der Waals surface area (Å²) in [6.07, 6.45) is 9.56. The largest absolute Gasteiger partial charge is 0.286 e. The first-order chi connectivity index (χ1) is 10.4. The number of benzene rings is 2. The van der Waals surface area contributed by atoms with E-state index in [0.717, 1.165) is 13.1 Å². The van der Waals surface area contributed by atoms with Crippen molar-refractivity contribution in [2.75, 3.05) is 13.1 Å². The third-order valence-corrected chi connectivity index (χ3v) is 4.25. The molecule has 0 spiro atoms. The maximum atomic E-state index is 5.64. The Kier molecular flexibility index (Phi) is 4.38. The van der Waals surface area contributed by atoms with Crippen LogP contribution in [0, 0.1) is 12.3 Å². The number of hydrogen-bond acceptors (Lipinski definition) is 1. The normalized spacial score (nSPS) is 17.1. The van der Waals surface area contributed by atoms with Gasteiger partial charge in [-0.1, -0.05) is 66.9 Å². The van der Waals surface area contributed by atoms with Gasteiger partial charge in [0.05, 0.1) is 6.04 Å². The molecule has 1 fully saturated rings. The van der Waals surface area contributed by atoms with E-state index in [9.17, 15) is 0 Å². The summed E-state index contributed by atoms with van der Waals surface area (Å²) in [5.41, 5.74) is 4.10. The van der Waals surface area contributed by atoms with Crippen molar-refractivity contribution in [2.24, 2.45) is 0 Å². The fourth-order valence-electron chi connectivity index (χ4n) is 2.89. The van der Waals surface area contributed by atoms with Crippen molar-refractivity contribution in [3.8, 4) is 23.5 Å². The monoisotopic (exact) mass is 275 g/mol. The Bertz CT molecular complexity index is 580. The van der Waals surface area contributed by atoms with E-state index in [1.165, 1.54) is 36.0 Å². The molecule has 1 aromatic rings. The van der Waals surface area contributed by atoms with Gasteiger partial charge in [-0.25, -0.2) is 0 Å². The Morgan fingerprint density at radius 3 is 1.81 bits per heavy atom. The number of hydrogen-bond donors (Lipinski definition) is 0. The van der Waals surface area contributed by atoms with Crippen LogP contribution in [-0.2, 0) is 0 Å². The summed E-state index contributed by atoms with van der Waals surface area (Å²) >= 11 is 0. The van der Waals surface area contributed by atoms with E-state index in [4.69, 9.17) is 6.42 Å². The standard InChI is InChI=1S/C14H17N.C6H4/c1-2-14(13-9-5-3-6-10-13)15-11-7-4-8-12-15;1-2-6-4-3-5(1)6/h1,3,5-6,9-10,14H,4,7-8,11-12H2;1-4H. The first-order valence-electron chi connectivity index (χ1n) is 7.74. The third kappa shape index (κ3) is 3.17. The Morgan fingerprint density at radius 2 is 1.38 bits per heavy atom.